The van der Waals surface area contributed by atoms with Gasteiger partial charge in [-0.15, -0.1) is 0 Å². The number of carbonyl (C=O) groups excluding carboxylic acids is 1. The molecule has 0 spiro atoms. The highest BCUT2D eigenvalue weighted by Gasteiger charge is 2.27. The molecule has 5 nitrogen and oxygen atoms in total. The smallest absolute Gasteiger partial charge is 0.303 e. The third-order valence-corrected chi connectivity index (χ3v) is 8.57. The molecule has 202 valence electrons. The van der Waals surface area contributed by atoms with E-state index in [1.54, 1.807) is 12.1 Å². The van der Waals surface area contributed by atoms with E-state index in [2.05, 4.69) is 24.3 Å². The van der Waals surface area contributed by atoms with Gasteiger partial charge in [0.05, 0.1) is 26.8 Å². The zero-order chi connectivity index (χ0) is 27.3. The minimum atomic E-state index is -1.54. The first-order valence-electron chi connectivity index (χ1n) is 12.8. The summed E-state index contributed by atoms with van der Waals surface area (Å²) in [6.45, 7) is 1.09. The molecule has 0 radical (unpaired) electrons. The van der Waals surface area contributed by atoms with Crippen LogP contribution < -0.4 is 0 Å². The number of benzene rings is 3. The molecule has 1 N–H and O–H groups in total. The Kier molecular flexibility index (Phi) is 12.3. The lowest BCUT2D eigenvalue weighted by molar-refractivity contribution is -0.138. The van der Waals surface area contributed by atoms with E-state index in [-0.39, 0.29) is 29.5 Å². The van der Waals surface area contributed by atoms with Gasteiger partial charge in [0.15, 0.2) is 0 Å². The maximum atomic E-state index is 13.8. The average molecular weight is 575 g/mol. The molecular formula is C30H33Cl2NO4S. The maximum Gasteiger partial charge on any atom is 0.303 e. The third-order valence-electron chi connectivity index (χ3n) is 6.35. The third kappa shape index (κ3) is 9.90. The van der Waals surface area contributed by atoms with Crippen LogP contribution in [0.25, 0.3) is 0 Å². The van der Waals surface area contributed by atoms with Crippen LogP contribution in [-0.2, 0) is 33.2 Å². The Bertz CT molecular complexity index is 1160. The fourth-order valence-corrected chi connectivity index (χ4v) is 6.00. The lowest BCUT2D eigenvalue weighted by Crippen LogP contribution is -2.40. The van der Waals surface area contributed by atoms with Crippen LogP contribution in [0.1, 0.15) is 36.8 Å². The van der Waals surface area contributed by atoms with Crippen LogP contribution >= 0.6 is 23.2 Å². The van der Waals surface area contributed by atoms with Crippen LogP contribution in [0.5, 0.6) is 0 Å². The fraction of sp³-hybridized carbons (Fsp3) is 0.333. The van der Waals surface area contributed by atoms with Crippen LogP contribution in [0.15, 0.2) is 83.8 Å². The number of amides is 1. The van der Waals surface area contributed by atoms with Gasteiger partial charge in [0.2, 0.25) is 5.91 Å². The van der Waals surface area contributed by atoms with Gasteiger partial charge < -0.3 is 10.0 Å². The Morgan fingerprint density at radius 2 is 1.37 bits per heavy atom. The molecule has 0 aromatic heterocycles. The predicted molar refractivity (Wildman–Crippen MR) is 154 cm³/mol. The topological polar surface area (TPSA) is 74.7 Å². The molecule has 3 rings (SSSR count). The number of hydrogen-bond donors (Lipinski definition) is 1. The maximum absolute atomic E-state index is 13.8. The number of hydrogen-bond acceptors (Lipinski definition) is 3. The monoisotopic (exact) mass is 573 g/mol. The summed E-state index contributed by atoms with van der Waals surface area (Å²) in [6.07, 6.45) is 3.17. The van der Waals surface area contributed by atoms with E-state index in [4.69, 9.17) is 23.2 Å². The van der Waals surface area contributed by atoms with Gasteiger partial charge in [0.1, 0.15) is 0 Å². The Morgan fingerprint density at radius 1 is 0.816 bits per heavy atom. The van der Waals surface area contributed by atoms with Crippen molar-refractivity contribution in [2.45, 2.75) is 43.4 Å². The van der Waals surface area contributed by atoms with Gasteiger partial charge in [-0.2, -0.15) is 0 Å². The number of carboxylic acid groups (broad SMARTS) is 1. The van der Waals surface area contributed by atoms with Crippen molar-refractivity contribution < 1.29 is 18.9 Å². The first-order chi connectivity index (χ1) is 18.3. The minimum Gasteiger partial charge on any atom is -0.481 e. The van der Waals surface area contributed by atoms with Crippen LogP contribution in [0.2, 0.25) is 10.0 Å². The van der Waals surface area contributed by atoms with Crippen LogP contribution in [0.4, 0.5) is 0 Å². The largest absolute Gasteiger partial charge is 0.481 e. The van der Waals surface area contributed by atoms with Crippen LogP contribution in [0.3, 0.4) is 0 Å². The minimum absolute atomic E-state index is 0.0257. The van der Waals surface area contributed by atoms with Gasteiger partial charge in [0, 0.05) is 30.2 Å². The van der Waals surface area contributed by atoms with E-state index >= 15 is 0 Å². The standard InChI is InChI=1S/C30H33Cl2NO4S/c31-27-17-16-26(21-28(27)32)38(37)22-25(15-18-29(34)35)30(36)33(19-7-13-23-9-3-1-4-10-23)20-8-14-24-11-5-2-6-12-24/h1-6,9-12,16-17,21,25H,7-8,13-15,18-20,22H2,(H,34,35). The number of carboxylic acids is 1. The van der Waals surface area contributed by atoms with Crippen molar-refractivity contribution in [3.63, 3.8) is 0 Å². The molecule has 38 heavy (non-hydrogen) atoms. The van der Waals surface area contributed by atoms with Gasteiger partial charge in [-0.1, -0.05) is 83.9 Å². The van der Waals surface area contributed by atoms with E-state index in [1.165, 1.54) is 17.2 Å². The molecule has 2 unspecified atom stereocenters. The van der Waals surface area contributed by atoms with E-state index in [9.17, 15) is 18.9 Å². The van der Waals surface area contributed by atoms with Crippen molar-refractivity contribution in [2.24, 2.45) is 5.92 Å². The zero-order valence-corrected chi connectivity index (χ0v) is 23.6. The molecule has 3 aromatic carbocycles. The van der Waals surface area contributed by atoms with Crippen molar-refractivity contribution in [3.8, 4) is 0 Å². The van der Waals surface area contributed by atoms with Crippen molar-refractivity contribution in [1.82, 2.24) is 4.90 Å². The van der Waals surface area contributed by atoms with E-state index in [0.717, 1.165) is 25.7 Å². The van der Waals surface area contributed by atoms with Gasteiger partial charge >= 0.3 is 5.97 Å². The Hall–Kier alpha value is -2.67. The molecule has 8 heteroatoms. The molecular weight excluding hydrogens is 541 g/mol. The Labute approximate surface area is 237 Å². The normalized spacial score (nSPS) is 12.6. The summed E-state index contributed by atoms with van der Waals surface area (Å²) in [5.74, 6) is -1.80. The lowest BCUT2D eigenvalue weighted by Gasteiger charge is -2.27. The molecule has 2 atom stereocenters. The van der Waals surface area contributed by atoms with E-state index < -0.39 is 22.7 Å². The molecule has 0 aliphatic rings. The summed E-state index contributed by atoms with van der Waals surface area (Å²) < 4.78 is 13.2. The van der Waals surface area contributed by atoms with Crippen molar-refractivity contribution in [3.05, 3.63) is 100 Å². The molecule has 0 fully saturated rings. The van der Waals surface area contributed by atoms with Gasteiger partial charge in [0.25, 0.3) is 0 Å². The summed E-state index contributed by atoms with van der Waals surface area (Å²) in [6, 6.07) is 25.0. The number of aliphatic carboxylic acids is 1. The molecule has 1 amide bonds. The highest BCUT2D eigenvalue weighted by molar-refractivity contribution is 7.85. The van der Waals surface area contributed by atoms with E-state index in [0.29, 0.717) is 23.0 Å². The van der Waals surface area contributed by atoms with E-state index in [1.807, 2.05) is 41.3 Å². The van der Waals surface area contributed by atoms with Gasteiger partial charge in [-0.05, 0) is 61.4 Å². The summed E-state index contributed by atoms with van der Waals surface area (Å²) in [5, 5.41) is 9.94. The zero-order valence-electron chi connectivity index (χ0n) is 21.2. The molecule has 0 bridgehead atoms. The second-order valence-corrected chi connectivity index (χ2v) is 11.5. The van der Waals surface area contributed by atoms with Crippen molar-refractivity contribution >= 4 is 45.9 Å². The predicted octanol–water partition coefficient (Wildman–Crippen LogP) is 6.68. The number of aryl methyl sites for hydroxylation is 2. The molecule has 0 saturated carbocycles. The molecule has 3 aromatic rings. The van der Waals surface area contributed by atoms with Gasteiger partial charge in [-0.25, -0.2) is 0 Å². The lowest BCUT2D eigenvalue weighted by atomic mass is 10.0. The Morgan fingerprint density at radius 3 is 1.87 bits per heavy atom. The first kappa shape index (κ1) is 29.9. The first-order valence-corrected chi connectivity index (χ1v) is 14.8. The molecule has 0 aliphatic carbocycles. The highest BCUT2D eigenvalue weighted by Crippen LogP contribution is 2.26. The summed E-state index contributed by atoms with van der Waals surface area (Å²) in [7, 11) is -1.54. The van der Waals surface area contributed by atoms with Crippen LogP contribution in [0, 0.1) is 5.92 Å². The second-order valence-electron chi connectivity index (χ2n) is 9.22. The van der Waals surface area contributed by atoms with Crippen molar-refractivity contribution in [1.29, 1.82) is 0 Å². The van der Waals surface area contributed by atoms with Crippen molar-refractivity contribution in [2.75, 3.05) is 18.8 Å². The summed E-state index contributed by atoms with van der Waals surface area (Å²) in [5.41, 5.74) is 2.40. The summed E-state index contributed by atoms with van der Waals surface area (Å²) in [4.78, 5) is 27.4. The number of rotatable bonds is 15. The summed E-state index contributed by atoms with van der Waals surface area (Å²) >= 11 is 12.1. The number of nitrogens with zero attached hydrogens (tertiary/aromatic N) is 1. The highest BCUT2D eigenvalue weighted by atomic mass is 35.5. The SMILES string of the molecule is O=C(O)CCC(CS(=O)c1ccc(Cl)c(Cl)c1)C(=O)N(CCCc1ccccc1)CCCc1ccccc1. The Balaban J connectivity index is 1.73. The molecule has 0 heterocycles. The quantitative estimate of drug-likeness (QED) is 0.220. The second kappa shape index (κ2) is 15.7. The van der Waals surface area contributed by atoms with Gasteiger partial charge in [-0.3, -0.25) is 13.8 Å². The number of carbonyl (C=O) groups is 2. The average Bonchev–Trinajstić information content (AvgIpc) is 2.92. The molecule has 0 aliphatic heterocycles. The van der Waals surface area contributed by atoms with Crippen LogP contribution in [-0.4, -0.2) is 44.9 Å². The number of halogens is 2. The molecule has 0 saturated heterocycles. The fourth-order valence-electron chi connectivity index (χ4n) is 4.30.